The number of methoxy groups -OCH3 is 1. The van der Waals surface area contributed by atoms with Gasteiger partial charge in [-0.2, -0.15) is 0 Å². The van der Waals surface area contributed by atoms with Crippen LogP contribution in [0.2, 0.25) is 0 Å². The van der Waals surface area contributed by atoms with Gasteiger partial charge in [-0.1, -0.05) is 25.5 Å². The molecule has 0 aromatic rings. The highest BCUT2D eigenvalue weighted by atomic mass is 16.7. The maximum atomic E-state index is 10.9. The van der Waals surface area contributed by atoms with Crippen molar-refractivity contribution in [3.05, 3.63) is 11.6 Å². The fraction of sp³-hybridized carbons (Fsp3) is 0.895. The van der Waals surface area contributed by atoms with Crippen LogP contribution < -0.4 is 0 Å². The Balaban J connectivity index is 1.80. The molecule has 0 aromatic heterocycles. The van der Waals surface area contributed by atoms with Gasteiger partial charge in [-0.25, -0.2) is 0 Å². The molecule has 1 heterocycles. The van der Waals surface area contributed by atoms with Crippen molar-refractivity contribution in [3.8, 4) is 0 Å². The number of rotatable bonds is 3. The summed E-state index contributed by atoms with van der Waals surface area (Å²) in [6, 6.07) is 0. The highest BCUT2D eigenvalue weighted by molar-refractivity contribution is 5.23. The molecule has 1 saturated heterocycles. The van der Waals surface area contributed by atoms with E-state index in [0.29, 0.717) is 12.7 Å². The number of ether oxygens (including phenoxy) is 3. The maximum absolute atomic E-state index is 10.9. The van der Waals surface area contributed by atoms with Gasteiger partial charge in [0.2, 0.25) is 0 Å². The van der Waals surface area contributed by atoms with Gasteiger partial charge in [0.15, 0.2) is 0 Å². The smallest absolute Gasteiger partial charge is 0.146 e. The van der Waals surface area contributed by atoms with Crippen LogP contribution in [0.1, 0.15) is 59.3 Å². The Morgan fingerprint density at radius 2 is 2.17 bits per heavy atom. The van der Waals surface area contributed by atoms with Gasteiger partial charge in [0, 0.05) is 12.5 Å². The Morgan fingerprint density at radius 3 is 2.87 bits per heavy atom. The molecule has 0 aromatic carbocycles. The molecule has 1 N–H and O–H groups in total. The van der Waals surface area contributed by atoms with E-state index in [1.807, 2.05) is 0 Å². The molecule has 23 heavy (non-hydrogen) atoms. The molecule has 0 unspecified atom stereocenters. The van der Waals surface area contributed by atoms with Gasteiger partial charge >= 0.3 is 0 Å². The molecular weight excluding hydrogens is 292 g/mol. The minimum absolute atomic E-state index is 0.0608. The van der Waals surface area contributed by atoms with Crippen LogP contribution in [0.15, 0.2) is 11.6 Å². The van der Waals surface area contributed by atoms with E-state index in [4.69, 9.17) is 14.2 Å². The van der Waals surface area contributed by atoms with Crippen LogP contribution in [0.3, 0.4) is 0 Å². The van der Waals surface area contributed by atoms with Gasteiger partial charge in [-0.3, -0.25) is 0 Å². The second kappa shape index (κ2) is 6.47. The molecule has 1 saturated carbocycles. The quantitative estimate of drug-likeness (QED) is 0.491. The van der Waals surface area contributed by atoms with Crippen LogP contribution in [-0.2, 0) is 14.2 Å². The number of hydrogen-bond acceptors (Lipinski definition) is 4. The summed E-state index contributed by atoms with van der Waals surface area (Å²) in [6.45, 7) is 7.04. The SMILES string of the molecule is COCO[C@H]1C/C(C)=C\C[C@]2(C)CC[C@H]3O[C@]32[C@H](O)C[C@H](C)C1. The Labute approximate surface area is 140 Å². The predicted molar refractivity (Wildman–Crippen MR) is 89.1 cm³/mol. The molecule has 0 amide bonds. The van der Waals surface area contributed by atoms with Crippen LogP contribution in [0, 0.1) is 11.3 Å². The molecular formula is C19H32O4. The lowest BCUT2D eigenvalue weighted by Crippen LogP contribution is -2.44. The Morgan fingerprint density at radius 1 is 1.39 bits per heavy atom. The van der Waals surface area contributed by atoms with E-state index in [2.05, 4.69) is 26.8 Å². The summed E-state index contributed by atoms with van der Waals surface area (Å²) in [5.74, 6) is 0.404. The number of aliphatic hydroxyl groups is 1. The van der Waals surface area contributed by atoms with Crippen molar-refractivity contribution in [2.24, 2.45) is 11.3 Å². The van der Waals surface area contributed by atoms with Crippen LogP contribution in [0.4, 0.5) is 0 Å². The van der Waals surface area contributed by atoms with Crippen molar-refractivity contribution in [2.75, 3.05) is 13.9 Å². The van der Waals surface area contributed by atoms with Crippen molar-refractivity contribution in [2.45, 2.75) is 83.2 Å². The molecule has 4 nitrogen and oxygen atoms in total. The molecule has 132 valence electrons. The third kappa shape index (κ3) is 3.11. The summed E-state index contributed by atoms with van der Waals surface area (Å²) in [4.78, 5) is 0. The molecule has 6 atom stereocenters. The fourth-order valence-electron chi connectivity index (χ4n) is 4.93. The number of allylic oxidation sites excluding steroid dienone is 1. The summed E-state index contributed by atoms with van der Waals surface area (Å²) in [5.41, 5.74) is 1.13. The summed E-state index contributed by atoms with van der Waals surface area (Å²) in [6.07, 6.45) is 8.31. The first-order chi connectivity index (χ1) is 10.9. The maximum Gasteiger partial charge on any atom is 0.146 e. The molecule has 3 rings (SSSR count). The van der Waals surface area contributed by atoms with Crippen molar-refractivity contribution < 1.29 is 19.3 Å². The largest absolute Gasteiger partial charge is 0.390 e. The topological polar surface area (TPSA) is 51.2 Å². The van der Waals surface area contributed by atoms with Gasteiger partial charge in [-0.05, 0) is 51.4 Å². The van der Waals surface area contributed by atoms with Gasteiger partial charge < -0.3 is 19.3 Å². The standard InChI is InChI=1S/C19H32O4/c1-13-5-7-18(3)8-6-17-19(18,23-17)16(20)11-14(2)10-15(9-13)22-12-21-4/h5,14-17,20H,6-12H2,1-4H3/b13-5-/t14-,15+,16-,17-,18-,19-/m1/s1. The van der Waals surface area contributed by atoms with E-state index in [0.717, 1.165) is 38.5 Å². The third-order valence-corrected chi connectivity index (χ3v) is 6.32. The fourth-order valence-corrected chi connectivity index (χ4v) is 4.93. The van der Waals surface area contributed by atoms with Crippen LogP contribution in [0.5, 0.6) is 0 Å². The molecule has 4 heteroatoms. The average Bonchev–Trinajstić information content (AvgIpc) is 3.18. The number of epoxide rings is 1. The van der Waals surface area contributed by atoms with E-state index in [1.54, 1.807) is 7.11 Å². The van der Waals surface area contributed by atoms with Gasteiger partial charge in [-0.15, -0.1) is 0 Å². The van der Waals surface area contributed by atoms with Gasteiger partial charge in [0.25, 0.3) is 0 Å². The molecule has 1 spiro atoms. The molecule has 2 aliphatic carbocycles. The van der Waals surface area contributed by atoms with E-state index in [1.165, 1.54) is 5.57 Å². The van der Waals surface area contributed by atoms with Crippen molar-refractivity contribution in [1.82, 2.24) is 0 Å². The highest BCUT2D eigenvalue weighted by Crippen LogP contribution is 2.65. The Bertz CT molecular complexity index is 462. The zero-order valence-electron chi connectivity index (χ0n) is 15.0. The molecule has 3 aliphatic rings. The monoisotopic (exact) mass is 324 g/mol. The number of aliphatic hydroxyl groups excluding tert-OH is 1. The second-order valence-electron chi connectivity index (χ2n) is 8.25. The zero-order chi connectivity index (χ0) is 16.7. The highest BCUT2D eigenvalue weighted by Gasteiger charge is 2.73. The summed E-state index contributed by atoms with van der Waals surface area (Å²) >= 11 is 0. The van der Waals surface area contributed by atoms with Crippen LogP contribution in [-0.4, -0.2) is 42.9 Å². The lowest BCUT2D eigenvalue weighted by molar-refractivity contribution is -0.0803. The first-order valence-corrected chi connectivity index (χ1v) is 9.03. The minimum Gasteiger partial charge on any atom is -0.390 e. The minimum atomic E-state index is -0.370. The summed E-state index contributed by atoms with van der Waals surface area (Å²) in [5, 5.41) is 10.9. The van der Waals surface area contributed by atoms with E-state index < -0.39 is 0 Å². The van der Waals surface area contributed by atoms with Crippen molar-refractivity contribution in [1.29, 1.82) is 0 Å². The Kier molecular flexibility index (Phi) is 4.90. The van der Waals surface area contributed by atoms with E-state index in [-0.39, 0.29) is 29.3 Å². The summed E-state index contributed by atoms with van der Waals surface area (Å²) in [7, 11) is 1.66. The zero-order valence-corrected chi connectivity index (χ0v) is 15.0. The first kappa shape index (κ1) is 17.4. The van der Waals surface area contributed by atoms with E-state index in [9.17, 15) is 5.11 Å². The molecule has 2 fully saturated rings. The molecule has 1 aliphatic heterocycles. The lowest BCUT2D eigenvalue weighted by atomic mass is 9.71. The summed E-state index contributed by atoms with van der Waals surface area (Å²) < 4.78 is 17.0. The van der Waals surface area contributed by atoms with Crippen molar-refractivity contribution >= 4 is 0 Å². The predicted octanol–water partition coefficient (Wildman–Crippen LogP) is 3.43. The second-order valence-corrected chi connectivity index (χ2v) is 8.25. The normalized spacial score (nSPS) is 49.5. The molecule has 0 radical (unpaired) electrons. The van der Waals surface area contributed by atoms with Gasteiger partial charge in [0.1, 0.15) is 12.4 Å². The average molecular weight is 324 g/mol. The van der Waals surface area contributed by atoms with Crippen molar-refractivity contribution in [3.63, 3.8) is 0 Å². The van der Waals surface area contributed by atoms with Gasteiger partial charge in [0.05, 0.1) is 18.3 Å². The molecule has 0 bridgehead atoms. The number of hydrogen-bond donors (Lipinski definition) is 1. The van der Waals surface area contributed by atoms with E-state index >= 15 is 0 Å². The van der Waals surface area contributed by atoms with Crippen LogP contribution in [0.25, 0.3) is 0 Å². The Hall–Kier alpha value is -0.420. The third-order valence-electron chi connectivity index (χ3n) is 6.32. The van der Waals surface area contributed by atoms with Crippen LogP contribution >= 0.6 is 0 Å². The lowest BCUT2D eigenvalue weighted by Gasteiger charge is -2.36. The first-order valence-electron chi connectivity index (χ1n) is 9.03.